The van der Waals surface area contributed by atoms with Crippen molar-refractivity contribution in [3.8, 4) is 5.75 Å². The van der Waals surface area contributed by atoms with Gasteiger partial charge in [-0.25, -0.2) is 4.98 Å². The topological polar surface area (TPSA) is 47.3 Å². The van der Waals surface area contributed by atoms with Gasteiger partial charge in [-0.1, -0.05) is 37.6 Å². The number of ether oxygens (including phenoxy) is 1. The molecule has 1 heterocycles. The molecule has 0 bridgehead atoms. The molecule has 2 aromatic carbocycles. The van der Waals surface area contributed by atoms with E-state index in [1.54, 1.807) is 6.07 Å². The second-order valence-electron chi connectivity index (χ2n) is 6.60. The van der Waals surface area contributed by atoms with Crippen molar-refractivity contribution < 1.29 is 9.84 Å². The van der Waals surface area contributed by atoms with Gasteiger partial charge in [0.15, 0.2) is 0 Å². The quantitative estimate of drug-likeness (QED) is 0.702. The molecule has 1 N–H and O–H groups in total. The van der Waals surface area contributed by atoms with E-state index in [1.807, 2.05) is 43.3 Å². The average molecular weight is 359 g/mol. The highest BCUT2D eigenvalue weighted by molar-refractivity contribution is 6.30. The lowest BCUT2D eigenvalue weighted by molar-refractivity contribution is 0.0922. The summed E-state index contributed by atoms with van der Waals surface area (Å²) in [5, 5.41) is 11.2. The van der Waals surface area contributed by atoms with Crippen molar-refractivity contribution in [2.75, 3.05) is 6.61 Å². The van der Waals surface area contributed by atoms with Gasteiger partial charge in [-0.05, 0) is 42.8 Å². The Hall–Kier alpha value is -2.04. The van der Waals surface area contributed by atoms with Crippen molar-refractivity contribution in [1.82, 2.24) is 9.55 Å². The van der Waals surface area contributed by atoms with Crippen LogP contribution in [-0.2, 0) is 6.54 Å². The van der Waals surface area contributed by atoms with Crippen LogP contribution >= 0.6 is 11.6 Å². The first-order valence-corrected chi connectivity index (χ1v) is 8.85. The summed E-state index contributed by atoms with van der Waals surface area (Å²) in [7, 11) is 0. The van der Waals surface area contributed by atoms with Crippen LogP contribution in [0, 0.1) is 6.92 Å². The molecule has 5 heteroatoms. The molecule has 1 atom stereocenters. The molecule has 0 aliphatic rings. The molecule has 3 aromatic rings. The second kappa shape index (κ2) is 7.46. The number of imidazole rings is 1. The molecule has 0 radical (unpaired) electrons. The number of aromatic nitrogens is 2. The van der Waals surface area contributed by atoms with E-state index in [1.165, 1.54) is 0 Å². The molecule has 0 spiro atoms. The van der Waals surface area contributed by atoms with Gasteiger partial charge in [0.1, 0.15) is 24.3 Å². The first-order chi connectivity index (χ1) is 12.0. The summed E-state index contributed by atoms with van der Waals surface area (Å²) in [6.45, 7) is 6.82. The normalized spacial score (nSPS) is 12.7. The minimum Gasteiger partial charge on any atom is -0.491 e. The first kappa shape index (κ1) is 17.8. The molecule has 132 valence electrons. The molecule has 0 fully saturated rings. The molecule has 0 aliphatic heterocycles. The summed E-state index contributed by atoms with van der Waals surface area (Å²) in [6, 6.07) is 13.5. The van der Waals surface area contributed by atoms with Gasteiger partial charge in [0, 0.05) is 10.9 Å². The number of halogens is 1. The summed E-state index contributed by atoms with van der Waals surface area (Å²) < 4.78 is 7.86. The Morgan fingerprint density at radius 1 is 1.20 bits per heavy atom. The molecule has 3 rings (SSSR count). The first-order valence-electron chi connectivity index (χ1n) is 8.48. The molecule has 25 heavy (non-hydrogen) atoms. The summed E-state index contributed by atoms with van der Waals surface area (Å²) in [5.74, 6) is 1.99. The minimum atomic E-state index is -0.634. The van der Waals surface area contributed by atoms with Crippen LogP contribution in [0.3, 0.4) is 0 Å². The molecule has 0 aliphatic carbocycles. The van der Waals surface area contributed by atoms with Crippen LogP contribution in [-0.4, -0.2) is 27.4 Å². The standard InChI is InChI=1S/C20H23ClN2O2/c1-13(2)20-22-17-6-4-5-7-18(17)23(20)11-16(24)12-25-19-9-8-15(21)10-14(19)3/h4-10,13,16,24H,11-12H2,1-3H3. The third-order valence-corrected chi connectivity index (χ3v) is 4.40. The van der Waals surface area contributed by atoms with E-state index in [0.717, 1.165) is 28.2 Å². The van der Waals surface area contributed by atoms with Gasteiger partial charge in [-0.3, -0.25) is 0 Å². The number of aliphatic hydroxyl groups is 1. The number of hydrogen-bond donors (Lipinski definition) is 1. The highest BCUT2D eigenvalue weighted by atomic mass is 35.5. The number of aliphatic hydroxyl groups excluding tert-OH is 1. The summed E-state index contributed by atoms with van der Waals surface area (Å²) in [4.78, 5) is 4.70. The maximum atomic E-state index is 10.5. The molecule has 0 saturated heterocycles. The zero-order valence-corrected chi connectivity index (χ0v) is 15.5. The van der Waals surface area contributed by atoms with E-state index in [0.29, 0.717) is 11.6 Å². The predicted molar refractivity (Wildman–Crippen MR) is 102 cm³/mol. The smallest absolute Gasteiger partial charge is 0.122 e. The monoisotopic (exact) mass is 358 g/mol. The highest BCUT2D eigenvalue weighted by Crippen LogP contribution is 2.24. The maximum absolute atomic E-state index is 10.5. The van der Waals surface area contributed by atoms with Crippen molar-refractivity contribution in [3.05, 3.63) is 58.9 Å². The SMILES string of the molecule is Cc1cc(Cl)ccc1OCC(O)Cn1c(C(C)C)nc2ccccc21. The second-order valence-corrected chi connectivity index (χ2v) is 7.04. The number of fused-ring (bicyclic) bond motifs is 1. The van der Waals surface area contributed by atoms with Crippen LogP contribution in [0.4, 0.5) is 0 Å². The number of para-hydroxylation sites is 2. The van der Waals surface area contributed by atoms with E-state index in [9.17, 15) is 5.11 Å². The Labute approximate surface area is 153 Å². The van der Waals surface area contributed by atoms with Gasteiger partial charge < -0.3 is 14.4 Å². The summed E-state index contributed by atoms with van der Waals surface area (Å²) >= 11 is 5.96. The van der Waals surface area contributed by atoms with Crippen LogP contribution in [0.25, 0.3) is 11.0 Å². The van der Waals surface area contributed by atoms with Crippen molar-refractivity contribution in [3.63, 3.8) is 0 Å². The lowest BCUT2D eigenvalue weighted by Crippen LogP contribution is -2.25. The largest absolute Gasteiger partial charge is 0.491 e. The van der Waals surface area contributed by atoms with Crippen LogP contribution in [0.2, 0.25) is 5.02 Å². The molecule has 1 unspecified atom stereocenters. The van der Waals surface area contributed by atoms with Crippen LogP contribution in [0.5, 0.6) is 5.75 Å². The van der Waals surface area contributed by atoms with Crippen molar-refractivity contribution in [1.29, 1.82) is 0 Å². The predicted octanol–water partition coefficient (Wildman–Crippen LogP) is 4.56. The maximum Gasteiger partial charge on any atom is 0.122 e. The van der Waals surface area contributed by atoms with Gasteiger partial charge >= 0.3 is 0 Å². The fraction of sp³-hybridized carbons (Fsp3) is 0.350. The van der Waals surface area contributed by atoms with Crippen LogP contribution in [0.15, 0.2) is 42.5 Å². The zero-order chi connectivity index (χ0) is 18.0. The van der Waals surface area contributed by atoms with Gasteiger partial charge in [0.25, 0.3) is 0 Å². The molecular formula is C20H23ClN2O2. The average Bonchev–Trinajstić information content (AvgIpc) is 2.93. The van der Waals surface area contributed by atoms with Gasteiger partial charge in [-0.15, -0.1) is 0 Å². The third kappa shape index (κ3) is 3.97. The van der Waals surface area contributed by atoms with Gasteiger partial charge in [-0.2, -0.15) is 0 Å². The highest BCUT2D eigenvalue weighted by Gasteiger charge is 2.17. The van der Waals surface area contributed by atoms with E-state index < -0.39 is 6.10 Å². The van der Waals surface area contributed by atoms with Crippen molar-refractivity contribution >= 4 is 22.6 Å². The number of nitrogens with zero attached hydrogens (tertiary/aromatic N) is 2. The van der Waals surface area contributed by atoms with E-state index in [4.69, 9.17) is 21.3 Å². The number of hydrogen-bond acceptors (Lipinski definition) is 3. The summed E-state index contributed by atoms with van der Waals surface area (Å²) in [5.41, 5.74) is 2.94. The Bertz CT molecular complexity index is 873. The van der Waals surface area contributed by atoms with E-state index in [-0.39, 0.29) is 12.5 Å². The molecule has 4 nitrogen and oxygen atoms in total. The van der Waals surface area contributed by atoms with Crippen molar-refractivity contribution in [2.24, 2.45) is 0 Å². The van der Waals surface area contributed by atoms with Crippen molar-refractivity contribution in [2.45, 2.75) is 39.3 Å². The third-order valence-electron chi connectivity index (χ3n) is 4.16. The Morgan fingerprint density at radius 2 is 1.96 bits per heavy atom. The van der Waals surface area contributed by atoms with Crippen LogP contribution < -0.4 is 4.74 Å². The lowest BCUT2D eigenvalue weighted by Gasteiger charge is -2.17. The van der Waals surface area contributed by atoms with E-state index in [2.05, 4.69) is 18.4 Å². The van der Waals surface area contributed by atoms with E-state index >= 15 is 0 Å². The Kier molecular flexibility index (Phi) is 5.30. The Balaban J connectivity index is 1.75. The fourth-order valence-electron chi connectivity index (χ4n) is 2.95. The number of benzene rings is 2. The summed E-state index contributed by atoms with van der Waals surface area (Å²) in [6.07, 6.45) is -0.634. The minimum absolute atomic E-state index is 0.215. The molecule has 0 saturated carbocycles. The van der Waals surface area contributed by atoms with Crippen LogP contribution in [0.1, 0.15) is 31.2 Å². The lowest BCUT2D eigenvalue weighted by atomic mass is 10.2. The molecular weight excluding hydrogens is 336 g/mol. The number of rotatable bonds is 6. The number of aryl methyl sites for hydroxylation is 1. The van der Waals surface area contributed by atoms with Gasteiger partial charge in [0.2, 0.25) is 0 Å². The zero-order valence-electron chi connectivity index (χ0n) is 14.7. The molecule has 0 amide bonds. The molecule has 1 aromatic heterocycles. The van der Waals surface area contributed by atoms with Gasteiger partial charge in [0.05, 0.1) is 17.6 Å². The fourth-order valence-corrected chi connectivity index (χ4v) is 3.18. The Morgan fingerprint density at radius 3 is 2.68 bits per heavy atom.